The highest BCUT2D eigenvalue weighted by atomic mass is 127. The van der Waals surface area contributed by atoms with Crippen LogP contribution in [0.25, 0.3) is 6.08 Å². The van der Waals surface area contributed by atoms with Crippen LogP contribution in [0.2, 0.25) is 0 Å². The summed E-state index contributed by atoms with van der Waals surface area (Å²) in [6.07, 6.45) is 6.36. The monoisotopic (exact) mass is 562 g/mol. The summed E-state index contributed by atoms with van der Waals surface area (Å²) in [5.41, 5.74) is 1.67. The molecule has 1 aliphatic carbocycles. The predicted octanol–water partition coefficient (Wildman–Crippen LogP) is 6.58. The first-order valence-corrected chi connectivity index (χ1v) is 12.9. The molecule has 1 aliphatic heterocycles. The minimum absolute atomic E-state index is 0.00414. The maximum Gasteiger partial charge on any atom is 0.267 e. The van der Waals surface area contributed by atoms with Crippen LogP contribution in [0, 0.1) is 9.49 Å². The summed E-state index contributed by atoms with van der Waals surface area (Å²) in [6, 6.07) is 13.6. The zero-order chi connectivity index (χ0) is 22.7. The fourth-order valence-corrected chi connectivity index (χ4v) is 5.91. The van der Waals surface area contributed by atoms with Crippen LogP contribution < -0.4 is 4.74 Å². The second kappa shape index (κ2) is 10.3. The summed E-state index contributed by atoms with van der Waals surface area (Å²) in [4.78, 5) is 21.0. The Morgan fingerprint density at radius 1 is 1.25 bits per heavy atom. The van der Waals surface area contributed by atoms with Gasteiger partial charge in [-0.25, -0.2) is 4.99 Å². The van der Waals surface area contributed by atoms with E-state index in [1.54, 1.807) is 6.07 Å². The summed E-state index contributed by atoms with van der Waals surface area (Å²) in [5, 5.41) is 11.0. The number of amidine groups is 1. The smallest absolute Gasteiger partial charge is 0.267 e. The van der Waals surface area contributed by atoms with Crippen LogP contribution in [0.15, 0.2) is 52.4 Å². The van der Waals surface area contributed by atoms with Gasteiger partial charge in [-0.1, -0.05) is 38.0 Å². The molecule has 7 heteroatoms. The van der Waals surface area contributed by atoms with Crippen molar-refractivity contribution in [2.45, 2.75) is 45.6 Å². The number of amides is 1. The van der Waals surface area contributed by atoms with Gasteiger partial charge in [0.25, 0.3) is 5.91 Å². The van der Waals surface area contributed by atoms with Gasteiger partial charge in [-0.2, -0.15) is 0 Å². The molecule has 0 radical (unpaired) electrons. The quantitative estimate of drug-likeness (QED) is 0.331. The first-order chi connectivity index (χ1) is 15.5. The number of carbonyl (C=O) groups is 1. The maximum atomic E-state index is 13.6. The highest BCUT2D eigenvalue weighted by Gasteiger charge is 2.41. The van der Waals surface area contributed by atoms with Crippen molar-refractivity contribution in [1.82, 2.24) is 4.90 Å². The van der Waals surface area contributed by atoms with Gasteiger partial charge in [-0.3, -0.25) is 9.69 Å². The third kappa shape index (κ3) is 4.98. The van der Waals surface area contributed by atoms with Crippen LogP contribution in [0.1, 0.15) is 45.1 Å². The number of hydrogen-bond donors (Lipinski definition) is 1. The van der Waals surface area contributed by atoms with Crippen molar-refractivity contribution in [3.8, 4) is 11.5 Å². The average Bonchev–Trinajstić information content (AvgIpc) is 3.07. The van der Waals surface area contributed by atoms with Crippen molar-refractivity contribution in [1.29, 1.82) is 0 Å². The lowest BCUT2D eigenvalue weighted by Gasteiger charge is -2.35. The maximum absolute atomic E-state index is 13.6. The van der Waals surface area contributed by atoms with E-state index in [-0.39, 0.29) is 17.7 Å². The highest BCUT2D eigenvalue weighted by molar-refractivity contribution is 14.1. The molecule has 1 N–H and O–H groups in total. The number of rotatable bonds is 5. The molecule has 2 atom stereocenters. The van der Waals surface area contributed by atoms with E-state index in [0.717, 1.165) is 35.7 Å². The van der Waals surface area contributed by atoms with Gasteiger partial charge in [0.1, 0.15) is 0 Å². The number of phenolic OH excluding ortho intramolecular Hbond substituents is 1. The van der Waals surface area contributed by atoms with Crippen molar-refractivity contribution in [2.75, 3.05) is 6.61 Å². The van der Waals surface area contributed by atoms with Gasteiger partial charge < -0.3 is 9.84 Å². The fraction of sp³-hybridized carbons (Fsp3) is 0.360. The Labute approximate surface area is 207 Å². The van der Waals surface area contributed by atoms with Gasteiger partial charge in [-0.15, -0.1) is 0 Å². The molecule has 2 aromatic carbocycles. The Bertz CT molecular complexity index is 1050. The minimum atomic E-state index is 0.00414. The van der Waals surface area contributed by atoms with Crippen LogP contribution in [0.4, 0.5) is 5.69 Å². The Hall–Kier alpha value is -2.00. The molecule has 2 aromatic rings. The largest absolute Gasteiger partial charge is 0.504 e. The molecule has 1 heterocycles. The molecule has 0 aromatic heterocycles. The zero-order valence-corrected chi connectivity index (χ0v) is 21.2. The molecule has 5 nitrogen and oxygen atoms in total. The molecular formula is C25H27IN2O3S. The van der Waals surface area contributed by atoms with Gasteiger partial charge in [0.05, 0.1) is 20.8 Å². The Kier molecular flexibility index (Phi) is 7.45. The van der Waals surface area contributed by atoms with E-state index in [4.69, 9.17) is 9.73 Å². The van der Waals surface area contributed by atoms with Crippen LogP contribution >= 0.6 is 34.4 Å². The van der Waals surface area contributed by atoms with E-state index >= 15 is 0 Å². The summed E-state index contributed by atoms with van der Waals surface area (Å²) >= 11 is 3.51. The van der Waals surface area contributed by atoms with Crippen molar-refractivity contribution < 1.29 is 14.6 Å². The van der Waals surface area contributed by atoms with E-state index in [2.05, 4.69) is 29.5 Å². The molecule has 0 spiro atoms. The number of thioether (sulfide) groups is 1. The molecule has 1 saturated carbocycles. The molecule has 1 amide bonds. The number of carbonyl (C=O) groups excluding carboxylic acids is 1. The van der Waals surface area contributed by atoms with E-state index in [1.807, 2.05) is 54.3 Å². The molecule has 168 valence electrons. The van der Waals surface area contributed by atoms with Crippen molar-refractivity contribution in [2.24, 2.45) is 10.9 Å². The number of ether oxygens (including phenoxy) is 1. The SMILES string of the molecule is CCOc1cc(/C=C2\SC(=Nc3ccccc3)N([C@@H]3CCCC[C@H]3C)C2=O)cc(I)c1O. The van der Waals surface area contributed by atoms with E-state index in [0.29, 0.717) is 26.7 Å². The van der Waals surface area contributed by atoms with Crippen LogP contribution in [0.5, 0.6) is 11.5 Å². The number of benzene rings is 2. The van der Waals surface area contributed by atoms with Crippen LogP contribution in [-0.2, 0) is 4.79 Å². The standard InChI is InChI=1S/C25H27IN2O3S/c1-3-31-21-14-17(13-19(26)23(21)29)15-22-24(30)28(20-12-8-7-9-16(20)2)25(32-22)27-18-10-5-4-6-11-18/h4-6,10-11,13-16,20,29H,3,7-9,12H2,1-2H3/b22-15-,27-25?/t16-,20-/m1/s1. The summed E-state index contributed by atoms with van der Waals surface area (Å²) in [6.45, 7) is 4.57. The lowest BCUT2D eigenvalue weighted by molar-refractivity contribution is -0.124. The lowest BCUT2D eigenvalue weighted by Crippen LogP contribution is -2.44. The number of nitrogens with zero attached hydrogens (tertiary/aromatic N) is 2. The third-order valence-electron chi connectivity index (χ3n) is 5.86. The minimum Gasteiger partial charge on any atom is -0.504 e. The second-order valence-electron chi connectivity index (χ2n) is 8.13. The second-order valence-corrected chi connectivity index (χ2v) is 10.3. The number of hydrogen-bond acceptors (Lipinski definition) is 5. The normalized spacial score (nSPS) is 23.8. The first-order valence-electron chi connectivity index (χ1n) is 11.0. The lowest BCUT2D eigenvalue weighted by atomic mass is 9.85. The van der Waals surface area contributed by atoms with E-state index < -0.39 is 0 Å². The molecule has 0 unspecified atom stereocenters. The molecule has 32 heavy (non-hydrogen) atoms. The zero-order valence-electron chi connectivity index (χ0n) is 18.3. The van der Waals surface area contributed by atoms with Gasteiger partial charge in [0.15, 0.2) is 16.7 Å². The van der Waals surface area contributed by atoms with Crippen LogP contribution in [0.3, 0.4) is 0 Å². The summed E-state index contributed by atoms with van der Waals surface area (Å²) < 4.78 is 6.26. The fourth-order valence-electron chi connectivity index (χ4n) is 4.24. The van der Waals surface area contributed by atoms with Crippen molar-refractivity contribution in [3.05, 3.63) is 56.5 Å². The summed E-state index contributed by atoms with van der Waals surface area (Å²) in [5.74, 6) is 0.999. The number of para-hydroxylation sites is 1. The first kappa shape index (κ1) is 23.2. The van der Waals surface area contributed by atoms with Gasteiger partial charge in [0, 0.05) is 6.04 Å². The topological polar surface area (TPSA) is 62.1 Å². The molecule has 0 bridgehead atoms. The molecular weight excluding hydrogens is 535 g/mol. The van der Waals surface area contributed by atoms with Gasteiger partial charge >= 0.3 is 0 Å². The average molecular weight is 562 g/mol. The number of halogens is 1. The number of aliphatic imine (C=N–C) groups is 1. The Balaban J connectivity index is 1.73. The highest BCUT2D eigenvalue weighted by Crippen LogP contribution is 2.41. The predicted molar refractivity (Wildman–Crippen MR) is 139 cm³/mol. The number of aromatic hydroxyl groups is 1. The van der Waals surface area contributed by atoms with Crippen LogP contribution in [-0.4, -0.2) is 33.7 Å². The third-order valence-corrected chi connectivity index (χ3v) is 7.67. The Morgan fingerprint density at radius 3 is 2.72 bits per heavy atom. The molecule has 2 aliphatic rings. The molecule has 4 rings (SSSR count). The van der Waals surface area contributed by atoms with Crippen molar-refractivity contribution >= 4 is 57.2 Å². The number of phenols is 1. The molecule has 1 saturated heterocycles. The van der Waals surface area contributed by atoms with Gasteiger partial charge in [-0.05, 0) is 95.9 Å². The van der Waals surface area contributed by atoms with Crippen molar-refractivity contribution in [3.63, 3.8) is 0 Å². The summed E-state index contributed by atoms with van der Waals surface area (Å²) in [7, 11) is 0. The van der Waals surface area contributed by atoms with E-state index in [1.165, 1.54) is 18.2 Å². The van der Waals surface area contributed by atoms with Gasteiger partial charge in [0.2, 0.25) is 0 Å². The van der Waals surface area contributed by atoms with E-state index in [9.17, 15) is 9.90 Å². The Morgan fingerprint density at radius 2 is 2.00 bits per heavy atom. The molecule has 2 fully saturated rings.